The summed E-state index contributed by atoms with van der Waals surface area (Å²) in [5, 5.41) is 0. The highest BCUT2D eigenvalue weighted by molar-refractivity contribution is 6.23. The maximum absolute atomic E-state index is 13.3. The van der Waals surface area contributed by atoms with E-state index < -0.39 is 12.1 Å². The van der Waals surface area contributed by atoms with Crippen molar-refractivity contribution in [1.82, 2.24) is 0 Å². The van der Waals surface area contributed by atoms with E-state index in [4.69, 9.17) is 4.74 Å². The second kappa shape index (κ2) is 7.24. The van der Waals surface area contributed by atoms with Crippen LogP contribution < -0.4 is 4.90 Å². The first-order valence-electron chi connectivity index (χ1n) is 11.4. The van der Waals surface area contributed by atoms with E-state index in [0.717, 1.165) is 6.42 Å². The predicted octanol–water partition coefficient (Wildman–Crippen LogP) is 3.67. The number of carbonyl (C=O) groups is 4. The fourth-order valence-electron chi connectivity index (χ4n) is 6.10. The van der Waals surface area contributed by atoms with Crippen molar-refractivity contribution in [3.63, 3.8) is 0 Å². The van der Waals surface area contributed by atoms with E-state index in [9.17, 15) is 19.2 Å². The Bertz CT molecular complexity index is 1180. The molecule has 2 aromatic carbocycles. The molecule has 2 amide bonds. The number of ether oxygens (including phenoxy) is 1. The fourth-order valence-corrected chi connectivity index (χ4v) is 6.10. The highest BCUT2D eigenvalue weighted by Gasteiger charge is 2.67. The molecule has 0 spiro atoms. The van der Waals surface area contributed by atoms with Gasteiger partial charge in [0.1, 0.15) is 0 Å². The van der Waals surface area contributed by atoms with E-state index >= 15 is 0 Å². The molecule has 1 heterocycles. The summed E-state index contributed by atoms with van der Waals surface area (Å²) in [4.78, 5) is 53.2. The monoisotopic (exact) mass is 441 g/mol. The van der Waals surface area contributed by atoms with Gasteiger partial charge in [0.05, 0.1) is 23.1 Å². The van der Waals surface area contributed by atoms with Gasteiger partial charge in [0.2, 0.25) is 17.6 Å². The van der Waals surface area contributed by atoms with Gasteiger partial charge in [0, 0.05) is 5.56 Å². The number of rotatable bonds is 5. The van der Waals surface area contributed by atoms with Crippen LogP contribution in [0, 0.1) is 35.5 Å². The molecule has 2 aromatic rings. The van der Waals surface area contributed by atoms with Crippen molar-refractivity contribution in [2.45, 2.75) is 19.4 Å². The number of ketones is 1. The first-order valence-corrected chi connectivity index (χ1v) is 11.4. The van der Waals surface area contributed by atoms with Gasteiger partial charge in [-0.05, 0) is 55.2 Å². The van der Waals surface area contributed by atoms with Crippen molar-refractivity contribution in [1.29, 1.82) is 0 Å². The molecule has 6 nitrogen and oxygen atoms in total. The van der Waals surface area contributed by atoms with Gasteiger partial charge in [0.25, 0.3) is 0 Å². The highest BCUT2D eigenvalue weighted by Crippen LogP contribution is 2.65. The van der Waals surface area contributed by atoms with Gasteiger partial charge in [-0.3, -0.25) is 14.4 Å². The molecule has 0 radical (unpaired) electrons. The van der Waals surface area contributed by atoms with E-state index in [1.54, 1.807) is 48.5 Å². The van der Waals surface area contributed by atoms with Gasteiger partial charge in [-0.2, -0.15) is 0 Å². The lowest BCUT2D eigenvalue weighted by Crippen LogP contribution is -2.40. The topological polar surface area (TPSA) is 80.8 Å². The number of allylic oxidation sites excluding steroid dienone is 2. The van der Waals surface area contributed by atoms with Crippen LogP contribution in [0.2, 0.25) is 0 Å². The minimum absolute atomic E-state index is 0.143. The van der Waals surface area contributed by atoms with E-state index in [0.29, 0.717) is 23.1 Å². The van der Waals surface area contributed by atoms with Gasteiger partial charge in [-0.1, -0.05) is 48.6 Å². The maximum atomic E-state index is 13.3. The summed E-state index contributed by atoms with van der Waals surface area (Å²) in [5.41, 5.74) is 1.03. The van der Waals surface area contributed by atoms with Crippen molar-refractivity contribution < 1.29 is 23.9 Å². The van der Waals surface area contributed by atoms with Crippen LogP contribution in [-0.4, -0.2) is 29.7 Å². The largest absolute Gasteiger partial charge is 0.451 e. The number of esters is 1. The molecule has 7 atom stereocenters. The van der Waals surface area contributed by atoms with Gasteiger partial charge < -0.3 is 4.74 Å². The van der Waals surface area contributed by atoms with Crippen LogP contribution >= 0.6 is 0 Å². The first-order chi connectivity index (χ1) is 16.0. The molecule has 4 aliphatic carbocycles. The van der Waals surface area contributed by atoms with Crippen molar-refractivity contribution >= 4 is 29.3 Å². The molecule has 33 heavy (non-hydrogen) atoms. The Morgan fingerprint density at radius 3 is 2.12 bits per heavy atom. The van der Waals surface area contributed by atoms with Crippen molar-refractivity contribution in [3.05, 3.63) is 77.9 Å². The minimum Gasteiger partial charge on any atom is -0.451 e. The number of anilines is 1. The summed E-state index contributed by atoms with van der Waals surface area (Å²) >= 11 is 0. The summed E-state index contributed by atoms with van der Waals surface area (Å²) in [7, 11) is 0. The molecule has 0 N–H and O–H groups in total. The Labute approximate surface area is 191 Å². The second-order valence-corrected chi connectivity index (χ2v) is 9.49. The number of carbonyl (C=O) groups excluding carboxylic acids is 4. The Morgan fingerprint density at radius 2 is 1.48 bits per heavy atom. The lowest BCUT2D eigenvalue weighted by atomic mass is 9.63. The summed E-state index contributed by atoms with van der Waals surface area (Å²) < 4.78 is 5.40. The third-order valence-corrected chi connectivity index (χ3v) is 7.71. The number of benzene rings is 2. The van der Waals surface area contributed by atoms with Crippen LogP contribution in [-0.2, 0) is 14.3 Å². The van der Waals surface area contributed by atoms with Crippen molar-refractivity contribution in [3.8, 4) is 0 Å². The zero-order valence-corrected chi connectivity index (χ0v) is 18.1. The van der Waals surface area contributed by atoms with Crippen LogP contribution in [0.5, 0.6) is 0 Å². The Morgan fingerprint density at radius 1 is 0.879 bits per heavy atom. The van der Waals surface area contributed by atoms with E-state index in [1.165, 1.54) is 17.9 Å². The second-order valence-electron chi connectivity index (χ2n) is 9.49. The summed E-state index contributed by atoms with van der Waals surface area (Å²) in [6.45, 7) is 1.53. The molecule has 0 aromatic heterocycles. The van der Waals surface area contributed by atoms with Gasteiger partial charge in [-0.15, -0.1) is 0 Å². The van der Waals surface area contributed by atoms with Crippen molar-refractivity contribution in [2.24, 2.45) is 35.5 Å². The normalized spacial score (nSPS) is 31.7. The van der Waals surface area contributed by atoms with Gasteiger partial charge >= 0.3 is 5.97 Å². The van der Waals surface area contributed by atoms with E-state index in [2.05, 4.69) is 12.2 Å². The number of nitrogens with zero attached hydrogens (tertiary/aromatic N) is 1. The summed E-state index contributed by atoms with van der Waals surface area (Å²) in [6.07, 6.45) is 4.41. The molecule has 0 unspecified atom stereocenters. The van der Waals surface area contributed by atoms with E-state index in [1.807, 2.05) is 0 Å². The fraction of sp³-hybridized carbons (Fsp3) is 0.333. The number of imide groups is 1. The van der Waals surface area contributed by atoms with Crippen LogP contribution in [0.4, 0.5) is 5.69 Å². The lowest BCUT2D eigenvalue weighted by Gasteiger charge is -2.37. The molecule has 6 heteroatoms. The van der Waals surface area contributed by atoms with Crippen LogP contribution in [0.15, 0.2) is 66.7 Å². The molecular weight excluding hydrogens is 418 g/mol. The highest BCUT2D eigenvalue weighted by atomic mass is 16.5. The zero-order chi connectivity index (χ0) is 22.9. The molecule has 5 aliphatic rings. The van der Waals surface area contributed by atoms with Crippen molar-refractivity contribution in [2.75, 3.05) is 4.90 Å². The van der Waals surface area contributed by atoms with Crippen LogP contribution in [0.3, 0.4) is 0 Å². The number of Topliss-reactive ketones (excluding diaryl/α,β-unsaturated/α-hetero) is 1. The molecule has 7 rings (SSSR count). The van der Waals surface area contributed by atoms with Gasteiger partial charge in [0.15, 0.2) is 6.10 Å². The van der Waals surface area contributed by atoms with Crippen LogP contribution in [0.25, 0.3) is 0 Å². The molecule has 1 aliphatic heterocycles. The average Bonchev–Trinajstić information content (AvgIpc) is 3.62. The predicted molar refractivity (Wildman–Crippen MR) is 119 cm³/mol. The molecule has 1 saturated heterocycles. The lowest BCUT2D eigenvalue weighted by molar-refractivity contribution is -0.124. The van der Waals surface area contributed by atoms with Crippen LogP contribution in [0.1, 0.15) is 34.1 Å². The third-order valence-electron chi connectivity index (χ3n) is 7.71. The third kappa shape index (κ3) is 3.00. The number of hydrogen-bond acceptors (Lipinski definition) is 5. The van der Waals surface area contributed by atoms with Gasteiger partial charge in [-0.25, -0.2) is 9.69 Å². The number of hydrogen-bond donors (Lipinski definition) is 0. The maximum Gasteiger partial charge on any atom is 0.338 e. The summed E-state index contributed by atoms with van der Waals surface area (Å²) in [6, 6.07) is 15.0. The zero-order valence-electron chi connectivity index (χ0n) is 18.1. The number of amides is 2. The quantitative estimate of drug-likeness (QED) is 0.306. The average molecular weight is 441 g/mol. The molecule has 166 valence electrons. The minimum atomic E-state index is -0.963. The first kappa shape index (κ1) is 20.1. The molecular formula is C27H23NO5. The molecule has 2 saturated carbocycles. The Kier molecular flexibility index (Phi) is 4.41. The SMILES string of the molecule is C[C@H](OC(=O)c1cccc(N2C(=O)[C@@H]3[C@H]4C=C[C@@H]([C@@H]5C[C@H]45)[C@H]3C2=O)c1)C(=O)c1ccccc1. The smallest absolute Gasteiger partial charge is 0.338 e. The standard InChI is InChI=1S/C27H23NO5/c1-14(24(29)15-6-3-2-4-7-15)33-27(32)16-8-5-9-17(12-16)28-25(30)22-18-10-11-19(21-13-20(18)21)23(22)26(28)31/h2-12,14,18-23H,13H2,1H3/t14-,18-,19-,20-,21+,22+,23+/m0/s1. The summed E-state index contributed by atoms with van der Waals surface area (Å²) in [5.74, 6) is -0.560. The van der Waals surface area contributed by atoms with E-state index in [-0.39, 0.29) is 46.8 Å². The molecule has 2 bridgehead atoms. The molecule has 3 fully saturated rings. The Hall–Kier alpha value is -3.54. The Balaban J connectivity index is 1.22.